The topological polar surface area (TPSA) is 67.8 Å². The van der Waals surface area contributed by atoms with Gasteiger partial charge in [0, 0.05) is 11.6 Å². The minimum absolute atomic E-state index is 0.106. The van der Waals surface area contributed by atoms with Gasteiger partial charge in [-0.25, -0.2) is 0 Å². The summed E-state index contributed by atoms with van der Waals surface area (Å²) in [6.45, 7) is 4.37. The van der Waals surface area contributed by atoms with Crippen LogP contribution in [0, 0.1) is 0 Å². The Morgan fingerprint density at radius 3 is 2.95 bits per heavy atom. The van der Waals surface area contributed by atoms with Gasteiger partial charge in [-0.3, -0.25) is 4.79 Å². The molecule has 0 spiro atoms. The molecule has 1 unspecified atom stereocenters. The number of halogens is 1. The third-order valence-electron chi connectivity index (χ3n) is 2.76. The van der Waals surface area contributed by atoms with Gasteiger partial charge in [0.1, 0.15) is 11.9 Å². The second kappa shape index (κ2) is 5.36. The third-order valence-corrected chi connectivity index (χ3v) is 3.00. The summed E-state index contributed by atoms with van der Waals surface area (Å²) in [5.74, 6) is -1.12. The van der Waals surface area contributed by atoms with Crippen LogP contribution >= 0.6 is 11.6 Å². The predicted octanol–water partition coefficient (Wildman–Crippen LogP) is 1.93. The van der Waals surface area contributed by atoms with E-state index in [0.29, 0.717) is 18.2 Å². The molecule has 104 valence electrons. The van der Waals surface area contributed by atoms with Crippen LogP contribution in [-0.2, 0) is 9.47 Å². The Balaban J connectivity index is 1.93. The van der Waals surface area contributed by atoms with Crippen LogP contribution in [0.5, 0.6) is 5.75 Å². The van der Waals surface area contributed by atoms with Crippen LogP contribution in [0.2, 0.25) is 5.02 Å². The molecule has 1 atom stereocenters. The summed E-state index contributed by atoms with van der Waals surface area (Å²) in [5, 5.41) is 12.7. The van der Waals surface area contributed by atoms with Gasteiger partial charge in [0.15, 0.2) is 5.79 Å². The summed E-state index contributed by atoms with van der Waals surface area (Å²) in [4.78, 5) is 11.9. The monoisotopic (exact) mass is 285 g/mol. The molecule has 5 nitrogen and oxygen atoms in total. The van der Waals surface area contributed by atoms with Crippen molar-refractivity contribution in [1.82, 2.24) is 5.32 Å². The number of hydrogen-bond acceptors (Lipinski definition) is 4. The highest BCUT2D eigenvalue weighted by Crippen LogP contribution is 2.23. The molecular formula is C13H16ClNO4. The molecule has 0 bridgehead atoms. The SMILES string of the molecule is CC1(C)OCC(CNC(=O)c2cc(Cl)ccc2O)O1. The van der Waals surface area contributed by atoms with Gasteiger partial charge < -0.3 is 19.9 Å². The fraction of sp³-hybridized carbons (Fsp3) is 0.462. The average Bonchev–Trinajstić information content (AvgIpc) is 2.69. The van der Waals surface area contributed by atoms with Gasteiger partial charge in [-0.2, -0.15) is 0 Å². The molecule has 1 aliphatic rings. The van der Waals surface area contributed by atoms with E-state index in [1.165, 1.54) is 18.2 Å². The quantitative estimate of drug-likeness (QED) is 0.890. The molecule has 1 aromatic rings. The molecule has 1 saturated heterocycles. The smallest absolute Gasteiger partial charge is 0.255 e. The minimum atomic E-state index is -0.617. The standard InChI is InChI=1S/C13H16ClNO4/c1-13(2)18-7-9(19-13)6-15-12(17)10-5-8(14)3-4-11(10)16/h3-5,9,16H,6-7H2,1-2H3,(H,15,17). The van der Waals surface area contributed by atoms with E-state index in [-0.39, 0.29) is 17.4 Å². The molecule has 2 rings (SSSR count). The van der Waals surface area contributed by atoms with Crippen molar-refractivity contribution in [3.05, 3.63) is 28.8 Å². The Labute approximate surface area is 116 Å². The lowest BCUT2D eigenvalue weighted by atomic mass is 10.2. The molecule has 0 aliphatic carbocycles. The van der Waals surface area contributed by atoms with E-state index >= 15 is 0 Å². The Bertz CT molecular complexity index is 490. The minimum Gasteiger partial charge on any atom is -0.507 e. The van der Waals surface area contributed by atoms with Crippen molar-refractivity contribution >= 4 is 17.5 Å². The number of nitrogens with one attached hydrogen (secondary N) is 1. The van der Waals surface area contributed by atoms with Gasteiger partial charge in [0.25, 0.3) is 5.91 Å². The average molecular weight is 286 g/mol. The largest absolute Gasteiger partial charge is 0.507 e. The number of amides is 1. The van der Waals surface area contributed by atoms with Crippen molar-refractivity contribution in [3.63, 3.8) is 0 Å². The first-order chi connectivity index (χ1) is 8.87. The number of phenols is 1. The van der Waals surface area contributed by atoms with Crippen molar-refractivity contribution in [3.8, 4) is 5.75 Å². The van der Waals surface area contributed by atoms with Crippen LogP contribution in [0.25, 0.3) is 0 Å². The number of hydrogen-bond donors (Lipinski definition) is 2. The van der Waals surface area contributed by atoms with Crippen LogP contribution in [0.3, 0.4) is 0 Å². The molecule has 0 saturated carbocycles. The molecule has 1 fully saturated rings. The van der Waals surface area contributed by atoms with Crippen LogP contribution in [0.15, 0.2) is 18.2 Å². The highest BCUT2D eigenvalue weighted by atomic mass is 35.5. The zero-order valence-electron chi connectivity index (χ0n) is 10.8. The summed E-state index contributed by atoms with van der Waals surface area (Å²) in [6, 6.07) is 4.32. The van der Waals surface area contributed by atoms with E-state index in [9.17, 15) is 9.90 Å². The zero-order chi connectivity index (χ0) is 14.0. The summed E-state index contributed by atoms with van der Waals surface area (Å²) in [5.41, 5.74) is 0.144. The molecule has 0 aromatic heterocycles. The number of carbonyl (C=O) groups excluding carboxylic acids is 1. The fourth-order valence-electron chi connectivity index (χ4n) is 1.86. The number of phenolic OH excluding ortho intramolecular Hbond substituents is 1. The Kier molecular flexibility index (Phi) is 3.99. The summed E-state index contributed by atoms with van der Waals surface area (Å²) in [6.07, 6.45) is -0.194. The Morgan fingerprint density at radius 1 is 1.58 bits per heavy atom. The number of carbonyl (C=O) groups is 1. The first-order valence-electron chi connectivity index (χ1n) is 5.96. The van der Waals surface area contributed by atoms with Gasteiger partial charge in [-0.15, -0.1) is 0 Å². The highest BCUT2D eigenvalue weighted by molar-refractivity contribution is 6.31. The highest BCUT2D eigenvalue weighted by Gasteiger charge is 2.32. The fourth-order valence-corrected chi connectivity index (χ4v) is 2.03. The van der Waals surface area contributed by atoms with Crippen molar-refractivity contribution < 1.29 is 19.4 Å². The summed E-state index contributed by atoms with van der Waals surface area (Å²) in [7, 11) is 0. The van der Waals surface area contributed by atoms with Crippen LogP contribution < -0.4 is 5.32 Å². The molecule has 1 heterocycles. The lowest BCUT2D eigenvalue weighted by Gasteiger charge is -2.17. The molecule has 1 aromatic carbocycles. The predicted molar refractivity (Wildman–Crippen MR) is 70.4 cm³/mol. The van der Waals surface area contributed by atoms with E-state index < -0.39 is 11.7 Å². The first kappa shape index (κ1) is 14.1. The van der Waals surface area contributed by atoms with E-state index in [1.807, 2.05) is 13.8 Å². The van der Waals surface area contributed by atoms with E-state index in [1.54, 1.807) is 0 Å². The number of rotatable bonds is 3. The lowest BCUT2D eigenvalue weighted by molar-refractivity contribution is -0.137. The van der Waals surface area contributed by atoms with Gasteiger partial charge in [0.2, 0.25) is 0 Å². The first-order valence-corrected chi connectivity index (χ1v) is 6.34. The molecule has 0 radical (unpaired) electrons. The normalized spacial score (nSPS) is 21.3. The van der Waals surface area contributed by atoms with Crippen LogP contribution in [0.1, 0.15) is 24.2 Å². The molecule has 2 N–H and O–H groups in total. The van der Waals surface area contributed by atoms with Gasteiger partial charge in [0.05, 0.1) is 12.2 Å². The number of ether oxygens (including phenoxy) is 2. The van der Waals surface area contributed by atoms with Crippen molar-refractivity contribution in [2.75, 3.05) is 13.2 Å². The second-order valence-corrected chi connectivity index (χ2v) is 5.26. The van der Waals surface area contributed by atoms with Crippen LogP contribution in [-0.4, -0.2) is 36.1 Å². The molecule has 1 amide bonds. The number of benzene rings is 1. The van der Waals surface area contributed by atoms with Crippen molar-refractivity contribution in [1.29, 1.82) is 0 Å². The zero-order valence-corrected chi connectivity index (χ0v) is 11.5. The number of aromatic hydroxyl groups is 1. The molecular weight excluding hydrogens is 270 g/mol. The molecule has 1 aliphatic heterocycles. The van der Waals surface area contributed by atoms with E-state index in [2.05, 4.69) is 5.32 Å². The summed E-state index contributed by atoms with van der Waals surface area (Å²) < 4.78 is 11.0. The molecule has 19 heavy (non-hydrogen) atoms. The Morgan fingerprint density at radius 2 is 2.32 bits per heavy atom. The Hall–Kier alpha value is -1.30. The maximum atomic E-state index is 11.9. The van der Waals surface area contributed by atoms with Crippen molar-refractivity contribution in [2.45, 2.75) is 25.7 Å². The lowest BCUT2D eigenvalue weighted by Crippen LogP contribution is -2.34. The van der Waals surface area contributed by atoms with Crippen molar-refractivity contribution in [2.24, 2.45) is 0 Å². The van der Waals surface area contributed by atoms with E-state index in [0.717, 1.165) is 0 Å². The summed E-state index contributed by atoms with van der Waals surface area (Å²) >= 11 is 5.79. The van der Waals surface area contributed by atoms with Crippen LogP contribution in [0.4, 0.5) is 0 Å². The molecule has 6 heteroatoms. The third kappa shape index (κ3) is 3.59. The maximum absolute atomic E-state index is 11.9. The van der Waals surface area contributed by atoms with Gasteiger partial charge in [-0.1, -0.05) is 11.6 Å². The van der Waals surface area contributed by atoms with Gasteiger partial charge >= 0.3 is 0 Å². The maximum Gasteiger partial charge on any atom is 0.255 e. The van der Waals surface area contributed by atoms with E-state index in [4.69, 9.17) is 21.1 Å². The van der Waals surface area contributed by atoms with Gasteiger partial charge in [-0.05, 0) is 32.0 Å². The second-order valence-electron chi connectivity index (χ2n) is 4.82.